The zero-order chi connectivity index (χ0) is 20.1. The quantitative estimate of drug-likeness (QED) is 0.751. The topological polar surface area (TPSA) is 54.0 Å². The maximum absolute atomic E-state index is 12.0. The third-order valence-corrected chi connectivity index (χ3v) is 5.59. The second-order valence-corrected chi connectivity index (χ2v) is 9.48. The van der Waals surface area contributed by atoms with Crippen LogP contribution in [0.1, 0.15) is 39.2 Å². The first-order valence-corrected chi connectivity index (χ1v) is 10.9. The van der Waals surface area contributed by atoms with E-state index in [4.69, 9.17) is 9.47 Å². The molecule has 1 amide bonds. The van der Waals surface area contributed by atoms with E-state index in [-0.39, 0.29) is 12.1 Å². The van der Waals surface area contributed by atoms with Gasteiger partial charge in [0.2, 0.25) is 0 Å². The monoisotopic (exact) mass is 453 g/mol. The number of halogens is 1. The first-order chi connectivity index (χ1) is 13.3. The Morgan fingerprint density at radius 2 is 1.89 bits per heavy atom. The van der Waals surface area contributed by atoms with Crippen molar-refractivity contribution >= 4 is 27.7 Å². The maximum atomic E-state index is 12.0. The van der Waals surface area contributed by atoms with E-state index in [0.29, 0.717) is 0 Å². The molecule has 0 radical (unpaired) electrons. The molecule has 2 aliphatic heterocycles. The Labute approximate surface area is 176 Å². The van der Waals surface area contributed by atoms with E-state index in [9.17, 15) is 4.79 Å². The number of nitrogens with zero attached hydrogens (tertiary/aromatic N) is 2. The molecular weight excluding hydrogens is 422 g/mol. The van der Waals surface area contributed by atoms with Gasteiger partial charge in [0.25, 0.3) is 0 Å². The number of carbonyl (C=O) groups excluding carboxylic acids is 1. The Hall–Kier alpha value is -1.31. The van der Waals surface area contributed by atoms with E-state index >= 15 is 0 Å². The minimum absolute atomic E-state index is 0.190. The second kappa shape index (κ2) is 9.46. The number of piperidine rings is 1. The van der Waals surface area contributed by atoms with E-state index < -0.39 is 5.60 Å². The van der Waals surface area contributed by atoms with Gasteiger partial charge < -0.3 is 19.7 Å². The van der Waals surface area contributed by atoms with Crippen molar-refractivity contribution in [3.05, 3.63) is 28.2 Å². The largest absolute Gasteiger partial charge is 0.444 e. The third-order valence-electron chi connectivity index (χ3n) is 5.10. The summed E-state index contributed by atoms with van der Waals surface area (Å²) in [5.41, 5.74) is 2.19. The number of hydrogen-bond acceptors (Lipinski definition) is 5. The highest BCUT2D eigenvalue weighted by Gasteiger charge is 2.24. The molecule has 7 heteroatoms. The van der Waals surface area contributed by atoms with Gasteiger partial charge in [0.1, 0.15) is 5.60 Å². The van der Waals surface area contributed by atoms with Gasteiger partial charge in [0, 0.05) is 48.9 Å². The number of hydrogen-bond donors (Lipinski definition) is 1. The molecule has 0 spiro atoms. The van der Waals surface area contributed by atoms with Crippen LogP contribution in [0.15, 0.2) is 22.7 Å². The van der Waals surface area contributed by atoms with Crippen molar-refractivity contribution < 1.29 is 14.3 Å². The Balaban J connectivity index is 1.54. The van der Waals surface area contributed by atoms with Crippen LogP contribution in [0.5, 0.6) is 0 Å². The van der Waals surface area contributed by atoms with Crippen molar-refractivity contribution in [3.63, 3.8) is 0 Å². The lowest BCUT2D eigenvalue weighted by Crippen LogP contribution is -2.46. The van der Waals surface area contributed by atoms with Gasteiger partial charge in [-0.2, -0.15) is 0 Å². The summed E-state index contributed by atoms with van der Waals surface area (Å²) in [7, 11) is 0. The molecule has 6 nitrogen and oxygen atoms in total. The SMILES string of the molecule is CC(C)(C)OC(=O)NC1CCN(Cc2ccc(Br)cc2N2CCOCC2)CC1. The fourth-order valence-electron chi connectivity index (χ4n) is 3.72. The van der Waals surface area contributed by atoms with Gasteiger partial charge in [-0.05, 0) is 51.3 Å². The summed E-state index contributed by atoms with van der Waals surface area (Å²) in [6.07, 6.45) is 1.58. The van der Waals surface area contributed by atoms with E-state index in [1.54, 1.807) is 0 Å². The summed E-state index contributed by atoms with van der Waals surface area (Å²) in [4.78, 5) is 16.9. The van der Waals surface area contributed by atoms with Gasteiger partial charge in [-0.25, -0.2) is 4.79 Å². The molecule has 0 unspecified atom stereocenters. The second-order valence-electron chi connectivity index (χ2n) is 8.57. The third kappa shape index (κ3) is 6.36. The molecule has 0 bridgehead atoms. The van der Waals surface area contributed by atoms with Gasteiger partial charge in [-0.15, -0.1) is 0 Å². The van der Waals surface area contributed by atoms with Crippen molar-refractivity contribution in [2.75, 3.05) is 44.3 Å². The van der Waals surface area contributed by atoms with Crippen molar-refractivity contribution in [1.82, 2.24) is 10.2 Å². The van der Waals surface area contributed by atoms with Crippen molar-refractivity contribution in [3.8, 4) is 0 Å². The molecule has 156 valence electrons. The molecule has 3 rings (SSSR count). The molecule has 0 saturated carbocycles. The number of benzene rings is 1. The summed E-state index contributed by atoms with van der Waals surface area (Å²) < 4.78 is 12.0. The number of rotatable bonds is 4. The van der Waals surface area contributed by atoms with Crippen molar-refractivity contribution in [1.29, 1.82) is 0 Å². The van der Waals surface area contributed by atoms with Crippen molar-refractivity contribution in [2.45, 2.75) is 51.8 Å². The summed E-state index contributed by atoms with van der Waals surface area (Å²) >= 11 is 3.62. The van der Waals surface area contributed by atoms with Crippen LogP contribution in [0.2, 0.25) is 0 Å². The number of amides is 1. The van der Waals surface area contributed by atoms with Crippen LogP contribution in [0.4, 0.5) is 10.5 Å². The predicted octanol–water partition coefficient (Wildman–Crippen LogP) is 3.77. The molecule has 2 saturated heterocycles. The number of morpholine rings is 1. The zero-order valence-electron chi connectivity index (χ0n) is 17.2. The standard InChI is InChI=1S/C21H32BrN3O3/c1-21(2,3)28-20(26)23-18-6-8-24(9-7-18)15-16-4-5-17(22)14-19(16)25-10-12-27-13-11-25/h4-5,14,18H,6-13,15H2,1-3H3,(H,23,26). The lowest BCUT2D eigenvalue weighted by Gasteiger charge is -2.35. The van der Waals surface area contributed by atoms with Crippen LogP contribution in [0, 0.1) is 0 Å². The molecule has 0 aromatic heterocycles. The first kappa shape index (κ1) is 21.4. The van der Waals surface area contributed by atoms with E-state index in [0.717, 1.165) is 63.3 Å². The van der Waals surface area contributed by atoms with E-state index in [1.807, 2.05) is 20.8 Å². The molecule has 1 aromatic rings. The highest BCUT2D eigenvalue weighted by Crippen LogP contribution is 2.28. The predicted molar refractivity (Wildman–Crippen MR) is 115 cm³/mol. The lowest BCUT2D eigenvalue weighted by atomic mass is 10.0. The van der Waals surface area contributed by atoms with Crippen LogP contribution in [0.3, 0.4) is 0 Å². The maximum Gasteiger partial charge on any atom is 0.407 e. The molecular formula is C21H32BrN3O3. The number of anilines is 1. The van der Waals surface area contributed by atoms with Crippen molar-refractivity contribution in [2.24, 2.45) is 0 Å². The molecule has 28 heavy (non-hydrogen) atoms. The van der Waals surface area contributed by atoms with Crippen LogP contribution in [-0.2, 0) is 16.0 Å². The smallest absolute Gasteiger partial charge is 0.407 e. The van der Waals surface area contributed by atoms with E-state index in [2.05, 4.69) is 49.2 Å². The molecule has 1 N–H and O–H groups in total. The fraction of sp³-hybridized carbons (Fsp3) is 0.667. The Kier molecular flexibility index (Phi) is 7.23. The van der Waals surface area contributed by atoms with Gasteiger partial charge >= 0.3 is 6.09 Å². The first-order valence-electron chi connectivity index (χ1n) is 10.1. The van der Waals surface area contributed by atoms with Gasteiger partial charge in [0.15, 0.2) is 0 Å². The van der Waals surface area contributed by atoms with Crippen LogP contribution in [0.25, 0.3) is 0 Å². The van der Waals surface area contributed by atoms with Gasteiger partial charge in [-0.1, -0.05) is 22.0 Å². The van der Waals surface area contributed by atoms with Gasteiger partial charge in [-0.3, -0.25) is 4.90 Å². The molecule has 2 heterocycles. The van der Waals surface area contributed by atoms with Crippen LogP contribution < -0.4 is 10.2 Å². The molecule has 0 atom stereocenters. The fourth-order valence-corrected chi connectivity index (χ4v) is 4.07. The highest BCUT2D eigenvalue weighted by atomic mass is 79.9. The zero-order valence-corrected chi connectivity index (χ0v) is 18.8. The summed E-state index contributed by atoms with van der Waals surface area (Å²) in [6, 6.07) is 6.75. The average molecular weight is 454 g/mol. The van der Waals surface area contributed by atoms with Gasteiger partial charge in [0.05, 0.1) is 13.2 Å². The van der Waals surface area contributed by atoms with Crippen LogP contribution >= 0.6 is 15.9 Å². The Morgan fingerprint density at radius 3 is 2.54 bits per heavy atom. The summed E-state index contributed by atoms with van der Waals surface area (Å²) in [5, 5.41) is 3.01. The summed E-state index contributed by atoms with van der Waals surface area (Å²) in [5.74, 6) is 0. The Morgan fingerprint density at radius 1 is 1.21 bits per heavy atom. The number of ether oxygens (including phenoxy) is 2. The number of likely N-dealkylation sites (tertiary alicyclic amines) is 1. The minimum Gasteiger partial charge on any atom is -0.444 e. The highest BCUT2D eigenvalue weighted by molar-refractivity contribution is 9.10. The minimum atomic E-state index is -0.456. The number of alkyl carbamates (subject to hydrolysis) is 1. The molecule has 2 fully saturated rings. The molecule has 2 aliphatic rings. The summed E-state index contributed by atoms with van der Waals surface area (Å²) in [6.45, 7) is 12.0. The molecule has 0 aliphatic carbocycles. The average Bonchev–Trinajstić information content (AvgIpc) is 2.64. The van der Waals surface area contributed by atoms with Crippen LogP contribution in [-0.4, -0.2) is 62.0 Å². The normalized spacial score (nSPS) is 19.5. The lowest BCUT2D eigenvalue weighted by molar-refractivity contribution is 0.0477. The number of nitrogens with one attached hydrogen (secondary N) is 1. The Bertz CT molecular complexity index is 663. The van der Waals surface area contributed by atoms with E-state index in [1.165, 1.54) is 11.3 Å². The number of carbonyl (C=O) groups is 1. The molecule has 1 aromatic carbocycles.